The summed E-state index contributed by atoms with van der Waals surface area (Å²) in [6, 6.07) is 4.62. The van der Waals surface area contributed by atoms with Gasteiger partial charge in [0.05, 0.1) is 22.3 Å². The number of nitrogens with zero attached hydrogens (tertiary/aromatic N) is 2. The van der Waals surface area contributed by atoms with Crippen molar-refractivity contribution in [2.24, 2.45) is 5.92 Å². The van der Waals surface area contributed by atoms with E-state index < -0.39 is 12.6 Å². The lowest BCUT2D eigenvalue weighted by atomic mass is 10.1. The van der Waals surface area contributed by atoms with Crippen LogP contribution in [0.15, 0.2) is 18.2 Å². The Labute approximate surface area is 150 Å². The lowest BCUT2D eigenvalue weighted by Crippen LogP contribution is -2.13. The Morgan fingerprint density at radius 1 is 1.29 bits per heavy atom. The molecule has 0 amide bonds. The SMILES string of the molecule is CCOC(=O)c1cc(CC(C)C)nn1-c1c(Cl)cc(CF)cc1Cl. The third-order valence-electron chi connectivity index (χ3n) is 3.30. The first-order chi connectivity index (χ1) is 11.4. The summed E-state index contributed by atoms with van der Waals surface area (Å²) in [5.41, 5.74) is 1.67. The fourth-order valence-corrected chi connectivity index (χ4v) is 3.06. The van der Waals surface area contributed by atoms with Gasteiger partial charge in [0.2, 0.25) is 0 Å². The van der Waals surface area contributed by atoms with Crippen LogP contribution in [0, 0.1) is 5.92 Å². The van der Waals surface area contributed by atoms with E-state index in [0.717, 1.165) is 5.69 Å². The van der Waals surface area contributed by atoms with Crippen molar-refractivity contribution in [1.29, 1.82) is 0 Å². The van der Waals surface area contributed by atoms with Crippen LogP contribution in [0.2, 0.25) is 10.0 Å². The molecular formula is C17H19Cl2FN2O2. The molecule has 7 heteroatoms. The van der Waals surface area contributed by atoms with E-state index >= 15 is 0 Å². The summed E-state index contributed by atoms with van der Waals surface area (Å²) < 4.78 is 19.3. The van der Waals surface area contributed by atoms with Crippen LogP contribution in [0.1, 0.15) is 42.5 Å². The summed E-state index contributed by atoms with van der Waals surface area (Å²) in [5.74, 6) is -0.148. The number of esters is 1. The second-order valence-corrected chi connectivity index (χ2v) is 6.61. The molecule has 0 aliphatic carbocycles. The molecule has 24 heavy (non-hydrogen) atoms. The van der Waals surface area contributed by atoms with E-state index in [0.29, 0.717) is 23.6 Å². The van der Waals surface area contributed by atoms with Crippen LogP contribution in [0.5, 0.6) is 0 Å². The number of carbonyl (C=O) groups excluding carboxylic acids is 1. The Morgan fingerprint density at radius 2 is 1.92 bits per heavy atom. The van der Waals surface area contributed by atoms with E-state index in [1.54, 1.807) is 13.0 Å². The van der Waals surface area contributed by atoms with Gasteiger partial charge in [-0.2, -0.15) is 5.10 Å². The minimum atomic E-state index is -0.678. The molecule has 0 saturated heterocycles. The third-order valence-corrected chi connectivity index (χ3v) is 3.88. The predicted molar refractivity (Wildman–Crippen MR) is 92.9 cm³/mol. The Kier molecular flexibility index (Phi) is 6.24. The van der Waals surface area contributed by atoms with Gasteiger partial charge >= 0.3 is 5.97 Å². The van der Waals surface area contributed by atoms with Crippen molar-refractivity contribution in [2.75, 3.05) is 6.61 Å². The van der Waals surface area contributed by atoms with Crippen molar-refractivity contribution < 1.29 is 13.9 Å². The average molecular weight is 373 g/mol. The number of rotatable bonds is 6. The monoisotopic (exact) mass is 372 g/mol. The summed E-state index contributed by atoms with van der Waals surface area (Å²) in [6.45, 7) is 5.40. The quantitative estimate of drug-likeness (QED) is 0.668. The molecule has 0 fully saturated rings. The molecular weight excluding hydrogens is 354 g/mol. The normalized spacial score (nSPS) is 11.1. The number of hydrogen-bond acceptors (Lipinski definition) is 3. The van der Waals surface area contributed by atoms with Crippen LogP contribution in [-0.2, 0) is 17.8 Å². The molecule has 1 aromatic carbocycles. The fraction of sp³-hybridized carbons (Fsp3) is 0.412. The highest BCUT2D eigenvalue weighted by atomic mass is 35.5. The maximum absolute atomic E-state index is 12.9. The predicted octanol–water partition coefficient (Wildman–Crippen LogP) is 5.02. The van der Waals surface area contributed by atoms with E-state index in [-0.39, 0.29) is 22.3 Å². The van der Waals surface area contributed by atoms with Crippen molar-refractivity contribution in [1.82, 2.24) is 9.78 Å². The van der Waals surface area contributed by atoms with Gasteiger partial charge in [0.15, 0.2) is 5.69 Å². The van der Waals surface area contributed by atoms with Crippen molar-refractivity contribution in [2.45, 2.75) is 33.9 Å². The molecule has 1 aromatic heterocycles. The molecule has 0 bridgehead atoms. The van der Waals surface area contributed by atoms with E-state index in [9.17, 15) is 9.18 Å². The largest absolute Gasteiger partial charge is 0.461 e. The van der Waals surface area contributed by atoms with E-state index in [1.165, 1.54) is 16.8 Å². The van der Waals surface area contributed by atoms with Gasteiger partial charge < -0.3 is 4.74 Å². The Hall–Kier alpha value is -1.59. The molecule has 0 saturated carbocycles. The van der Waals surface area contributed by atoms with Gasteiger partial charge in [0, 0.05) is 0 Å². The van der Waals surface area contributed by atoms with Crippen LogP contribution in [0.25, 0.3) is 5.69 Å². The molecule has 0 N–H and O–H groups in total. The number of carbonyl (C=O) groups is 1. The maximum Gasteiger partial charge on any atom is 0.357 e. The maximum atomic E-state index is 12.9. The standard InChI is InChI=1S/C17H19Cl2FN2O2/c1-4-24-17(23)15-8-12(5-10(2)3)21-22(15)16-13(18)6-11(9-20)7-14(16)19/h6-8,10H,4-5,9H2,1-3H3. The van der Waals surface area contributed by atoms with E-state index in [2.05, 4.69) is 18.9 Å². The Bertz CT molecular complexity index is 721. The molecule has 0 unspecified atom stereocenters. The molecule has 0 aliphatic rings. The summed E-state index contributed by atoms with van der Waals surface area (Å²) in [4.78, 5) is 12.3. The minimum absolute atomic E-state index is 0.222. The molecule has 0 spiro atoms. The second kappa shape index (κ2) is 7.99. The first-order valence-corrected chi connectivity index (χ1v) is 8.43. The summed E-state index contributed by atoms with van der Waals surface area (Å²) in [6.07, 6.45) is 0.692. The number of ether oxygens (including phenoxy) is 1. The van der Waals surface area contributed by atoms with Crippen LogP contribution >= 0.6 is 23.2 Å². The number of halogens is 3. The highest BCUT2D eigenvalue weighted by molar-refractivity contribution is 6.37. The first kappa shape index (κ1) is 18.7. The van der Waals surface area contributed by atoms with Crippen LogP contribution < -0.4 is 0 Å². The topological polar surface area (TPSA) is 44.1 Å². The number of aromatic nitrogens is 2. The third kappa shape index (κ3) is 4.08. The summed E-state index contributed by atoms with van der Waals surface area (Å²) in [5, 5.41) is 4.90. The van der Waals surface area contributed by atoms with Gasteiger partial charge in [-0.15, -0.1) is 0 Å². The lowest BCUT2D eigenvalue weighted by molar-refractivity contribution is 0.0516. The van der Waals surface area contributed by atoms with Gasteiger partial charge in [-0.1, -0.05) is 37.0 Å². The second-order valence-electron chi connectivity index (χ2n) is 5.79. The molecule has 2 aromatic rings. The first-order valence-electron chi connectivity index (χ1n) is 7.67. The molecule has 0 aliphatic heterocycles. The van der Waals surface area contributed by atoms with Crippen molar-refractivity contribution in [3.05, 3.63) is 45.2 Å². The number of alkyl halides is 1. The van der Waals surface area contributed by atoms with Crippen LogP contribution in [-0.4, -0.2) is 22.4 Å². The number of benzene rings is 1. The highest BCUT2D eigenvalue weighted by Gasteiger charge is 2.22. The zero-order valence-electron chi connectivity index (χ0n) is 13.8. The summed E-state index contributed by atoms with van der Waals surface area (Å²) >= 11 is 12.5. The Balaban J connectivity index is 2.59. The zero-order valence-corrected chi connectivity index (χ0v) is 15.3. The average Bonchev–Trinajstić information content (AvgIpc) is 2.89. The summed E-state index contributed by atoms with van der Waals surface area (Å²) in [7, 11) is 0. The molecule has 1 heterocycles. The Morgan fingerprint density at radius 3 is 2.42 bits per heavy atom. The fourth-order valence-electron chi connectivity index (χ4n) is 2.37. The highest BCUT2D eigenvalue weighted by Crippen LogP contribution is 2.32. The van der Waals surface area contributed by atoms with Crippen LogP contribution in [0.3, 0.4) is 0 Å². The molecule has 130 valence electrons. The van der Waals surface area contributed by atoms with Gasteiger partial charge in [0.25, 0.3) is 0 Å². The van der Waals surface area contributed by atoms with Crippen molar-refractivity contribution in [3.63, 3.8) is 0 Å². The minimum Gasteiger partial charge on any atom is -0.461 e. The molecule has 2 rings (SSSR count). The van der Waals surface area contributed by atoms with Crippen molar-refractivity contribution >= 4 is 29.2 Å². The van der Waals surface area contributed by atoms with Gasteiger partial charge in [-0.25, -0.2) is 13.9 Å². The zero-order chi connectivity index (χ0) is 17.9. The molecule has 0 radical (unpaired) electrons. The lowest BCUT2D eigenvalue weighted by Gasteiger charge is -2.11. The van der Waals surface area contributed by atoms with Gasteiger partial charge in [0.1, 0.15) is 12.4 Å². The van der Waals surface area contributed by atoms with E-state index in [4.69, 9.17) is 27.9 Å². The smallest absolute Gasteiger partial charge is 0.357 e. The van der Waals surface area contributed by atoms with Gasteiger partial charge in [-0.05, 0) is 43.0 Å². The van der Waals surface area contributed by atoms with Gasteiger partial charge in [-0.3, -0.25) is 0 Å². The number of hydrogen-bond donors (Lipinski definition) is 0. The van der Waals surface area contributed by atoms with E-state index in [1.807, 2.05) is 0 Å². The van der Waals surface area contributed by atoms with Crippen molar-refractivity contribution in [3.8, 4) is 5.69 Å². The van der Waals surface area contributed by atoms with Crippen LogP contribution in [0.4, 0.5) is 4.39 Å². The molecule has 0 atom stereocenters. The molecule has 4 nitrogen and oxygen atoms in total.